The highest BCUT2D eigenvalue weighted by molar-refractivity contribution is 7.92. The molecule has 6 rings (SSSR count). The first kappa shape index (κ1) is 28.5. The third-order valence-electron chi connectivity index (χ3n) is 8.17. The van der Waals surface area contributed by atoms with Crippen molar-refractivity contribution < 1.29 is 30.8 Å². The number of fused-ring (bicyclic) bond motifs is 2. The van der Waals surface area contributed by atoms with E-state index in [2.05, 4.69) is 10.1 Å². The van der Waals surface area contributed by atoms with Gasteiger partial charge in [0.2, 0.25) is 0 Å². The third kappa shape index (κ3) is 4.93. The average Bonchev–Trinajstić information content (AvgIpc) is 3.41. The van der Waals surface area contributed by atoms with Crippen LogP contribution in [0, 0.1) is 22.6 Å². The number of hydrogen-bond acceptors (Lipinski definition) is 6. The molecule has 0 unspecified atom stereocenters. The number of aromatic nitrogens is 3. The zero-order valence-electron chi connectivity index (χ0n) is 22.3. The number of allylic oxidation sites excluding steroid dienone is 1. The number of hydrogen-bond donors (Lipinski definition) is 0. The Bertz CT molecular complexity index is 1940. The number of rotatable bonds is 5. The minimum absolute atomic E-state index is 0.0175. The molecule has 4 aromatic rings. The van der Waals surface area contributed by atoms with E-state index in [0.29, 0.717) is 28.6 Å². The second-order valence-corrected chi connectivity index (χ2v) is 12.9. The minimum Gasteiger partial charge on any atom is -0.291 e. The Kier molecular flexibility index (Phi) is 6.81. The van der Waals surface area contributed by atoms with Crippen LogP contribution in [0.5, 0.6) is 0 Å². The number of nitriles is 1. The van der Waals surface area contributed by atoms with Gasteiger partial charge in [-0.1, -0.05) is 11.6 Å². The molecule has 2 aliphatic carbocycles. The van der Waals surface area contributed by atoms with Crippen molar-refractivity contribution in [3.05, 3.63) is 113 Å². The molecule has 2 aromatic heterocycles. The van der Waals surface area contributed by atoms with E-state index < -0.39 is 49.5 Å². The van der Waals surface area contributed by atoms with Crippen LogP contribution in [-0.2, 0) is 22.4 Å². The molecule has 0 aliphatic heterocycles. The average molecular weight is 607 g/mol. The Morgan fingerprint density at radius 1 is 1.09 bits per heavy atom. The lowest BCUT2D eigenvalue weighted by molar-refractivity contribution is -0.137. The number of nitrogens with zero attached hydrogens (tertiary/aromatic N) is 4. The summed E-state index contributed by atoms with van der Waals surface area (Å²) in [5.74, 6) is -1.14. The SMILES string of the molecule is N#Cc1cccc(S(=O)(=O)[C@H]2CCC3=Cc4c(cnn4-c4ccc(F)cc4)C[C@]3(C(=O)c3cc(C(F)(F)F)ccn3)C2)c1. The normalized spacial score (nSPS) is 20.0. The first-order valence-electron chi connectivity index (χ1n) is 13.3. The van der Waals surface area contributed by atoms with Gasteiger partial charge in [0.15, 0.2) is 15.6 Å². The topological polar surface area (TPSA) is 106 Å². The summed E-state index contributed by atoms with van der Waals surface area (Å²) in [4.78, 5) is 18.2. The van der Waals surface area contributed by atoms with Crippen molar-refractivity contribution in [2.45, 2.75) is 42.0 Å². The van der Waals surface area contributed by atoms with Gasteiger partial charge in [-0.15, -0.1) is 0 Å². The molecule has 2 atom stereocenters. The van der Waals surface area contributed by atoms with Crippen molar-refractivity contribution in [2.24, 2.45) is 5.41 Å². The first-order chi connectivity index (χ1) is 20.4. The smallest absolute Gasteiger partial charge is 0.291 e. The van der Waals surface area contributed by atoms with Crippen molar-refractivity contribution in [1.29, 1.82) is 5.26 Å². The fourth-order valence-electron chi connectivity index (χ4n) is 6.03. The molecule has 43 heavy (non-hydrogen) atoms. The van der Waals surface area contributed by atoms with Gasteiger partial charge in [-0.05, 0) is 91.9 Å². The van der Waals surface area contributed by atoms with E-state index in [0.717, 1.165) is 12.3 Å². The molecule has 12 heteroatoms. The Morgan fingerprint density at radius 2 is 1.86 bits per heavy atom. The highest BCUT2D eigenvalue weighted by Gasteiger charge is 2.52. The second-order valence-electron chi connectivity index (χ2n) is 10.7. The summed E-state index contributed by atoms with van der Waals surface area (Å²) in [5.41, 5.74) is -0.489. The van der Waals surface area contributed by atoms with Crippen LogP contribution in [0.2, 0.25) is 0 Å². The van der Waals surface area contributed by atoms with Crippen LogP contribution in [0.1, 0.15) is 52.1 Å². The van der Waals surface area contributed by atoms with Crippen LogP contribution in [0.4, 0.5) is 17.6 Å². The standard InChI is InChI=1S/C31H22F4N4O3S/c32-23-5-7-24(8-6-23)39-28-14-21-4-9-26(43(41,42)25-3-1-2-19(12-25)17-36)16-30(21,15-20(28)18-38-39)29(40)27-13-22(10-11-37-27)31(33,34)35/h1-3,5-8,10-14,18,26H,4,9,15-16H2/t26-,30-/m0/s1. The number of alkyl halides is 3. The molecule has 2 heterocycles. The molecule has 0 amide bonds. The van der Waals surface area contributed by atoms with Crippen molar-refractivity contribution >= 4 is 21.7 Å². The monoisotopic (exact) mass is 606 g/mol. The fraction of sp³-hybridized carbons (Fsp3) is 0.226. The number of sulfone groups is 1. The maximum atomic E-state index is 14.3. The molecule has 2 aromatic carbocycles. The zero-order valence-corrected chi connectivity index (χ0v) is 23.2. The third-order valence-corrected chi connectivity index (χ3v) is 10.4. The Morgan fingerprint density at radius 3 is 2.58 bits per heavy atom. The highest BCUT2D eigenvalue weighted by Crippen LogP contribution is 2.52. The summed E-state index contributed by atoms with van der Waals surface area (Å²) in [6, 6.07) is 14.6. The Balaban J connectivity index is 1.47. The molecule has 1 saturated carbocycles. The highest BCUT2D eigenvalue weighted by atomic mass is 32.2. The predicted octanol–water partition coefficient (Wildman–Crippen LogP) is 6.13. The van der Waals surface area contributed by atoms with E-state index in [4.69, 9.17) is 0 Å². The summed E-state index contributed by atoms with van der Waals surface area (Å²) in [5, 5.41) is 12.7. The maximum absolute atomic E-state index is 14.3. The van der Waals surface area contributed by atoms with Gasteiger partial charge in [-0.25, -0.2) is 17.5 Å². The number of Topliss-reactive ketones (excluding diaryl/α,β-unsaturated/α-hetero) is 1. The summed E-state index contributed by atoms with van der Waals surface area (Å²) < 4.78 is 83.5. The van der Waals surface area contributed by atoms with Crippen LogP contribution >= 0.6 is 0 Å². The Labute approximate surface area is 244 Å². The van der Waals surface area contributed by atoms with Crippen LogP contribution in [0.3, 0.4) is 0 Å². The molecule has 0 saturated heterocycles. The Hall–Kier alpha value is -4.63. The number of pyridine rings is 1. The molecule has 7 nitrogen and oxygen atoms in total. The number of benzene rings is 2. The predicted molar refractivity (Wildman–Crippen MR) is 147 cm³/mol. The van der Waals surface area contributed by atoms with Gasteiger partial charge in [-0.2, -0.15) is 23.5 Å². The second kappa shape index (κ2) is 10.3. The molecular weight excluding hydrogens is 584 g/mol. The van der Waals surface area contributed by atoms with Crippen LogP contribution in [-0.4, -0.2) is 34.2 Å². The molecular formula is C31H22F4N4O3S. The zero-order chi connectivity index (χ0) is 30.6. The molecule has 2 aliphatic rings. The van der Waals surface area contributed by atoms with E-state index >= 15 is 0 Å². The van der Waals surface area contributed by atoms with Gasteiger partial charge < -0.3 is 0 Å². The largest absolute Gasteiger partial charge is 0.416 e. The van der Waals surface area contributed by atoms with Crippen molar-refractivity contribution in [1.82, 2.24) is 14.8 Å². The first-order valence-corrected chi connectivity index (χ1v) is 14.8. The van der Waals surface area contributed by atoms with E-state index in [1.54, 1.807) is 22.9 Å². The lowest BCUT2D eigenvalue weighted by Gasteiger charge is -2.43. The van der Waals surface area contributed by atoms with Crippen molar-refractivity contribution in [3.8, 4) is 11.8 Å². The fourth-order valence-corrected chi connectivity index (χ4v) is 7.91. The van der Waals surface area contributed by atoms with Crippen molar-refractivity contribution in [2.75, 3.05) is 0 Å². The van der Waals surface area contributed by atoms with E-state index in [-0.39, 0.29) is 36.1 Å². The summed E-state index contributed by atoms with van der Waals surface area (Å²) in [6.45, 7) is 0. The number of carbonyl (C=O) groups excluding carboxylic acids is 1. The summed E-state index contributed by atoms with van der Waals surface area (Å²) in [6.07, 6.45) is -0.437. The number of ketones is 1. The molecule has 0 bridgehead atoms. The quantitative estimate of drug-likeness (QED) is 0.200. The van der Waals surface area contributed by atoms with Crippen LogP contribution in [0.15, 0.2) is 83.5 Å². The number of carbonyl (C=O) groups is 1. The van der Waals surface area contributed by atoms with Gasteiger partial charge in [0.05, 0.1) is 50.3 Å². The lowest BCUT2D eigenvalue weighted by Crippen LogP contribution is -2.46. The summed E-state index contributed by atoms with van der Waals surface area (Å²) in [7, 11) is -4.04. The van der Waals surface area contributed by atoms with Gasteiger partial charge in [0, 0.05) is 6.20 Å². The lowest BCUT2D eigenvalue weighted by atomic mass is 9.61. The van der Waals surface area contributed by atoms with Gasteiger partial charge in [-0.3, -0.25) is 9.78 Å². The molecule has 0 radical (unpaired) electrons. The van der Waals surface area contributed by atoms with Crippen LogP contribution < -0.4 is 0 Å². The van der Waals surface area contributed by atoms with Gasteiger partial charge in [0.25, 0.3) is 0 Å². The molecule has 218 valence electrons. The van der Waals surface area contributed by atoms with Gasteiger partial charge >= 0.3 is 6.18 Å². The molecule has 0 spiro atoms. The van der Waals surface area contributed by atoms with Gasteiger partial charge in [0.1, 0.15) is 11.5 Å². The summed E-state index contributed by atoms with van der Waals surface area (Å²) >= 11 is 0. The minimum atomic E-state index is -4.71. The molecule has 0 N–H and O–H groups in total. The van der Waals surface area contributed by atoms with Crippen molar-refractivity contribution in [3.63, 3.8) is 0 Å². The van der Waals surface area contributed by atoms with E-state index in [1.165, 1.54) is 42.6 Å². The van der Waals surface area contributed by atoms with E-state index in [1.807, 2.05) is 6.07 Å². The van der Waals surface area contributed by atoms with E-state index in [9.17, 15) is 36.0 Å². The maximum Gasteiger partial charge on any atom is 0.416 e. The number of halogens is 4. The van der Waals surface area contributed by atoms with Crippen LogP contribution in [0.25, 0.3) is 11.8 Å². The molecule has 1 fully saturated rings.